The van der Waals surface area contributed by atoms with Crippen LogP contribution in [-0.4, -0.2) is 54.7 Å². The van der Waals surface area contributed by atoms with Crippen molar-refractivity contribution >= 4 is 35.2 Å². The number of benzene rings is 1. The van der Waals surface area contributed by atoms with Crippen molar-refractivity contribution in [3.8, 4) is 0 Å². The van der Waals surface area contributed by atoms with Gasteiger partial charge in [0.2, 0.25) is 11.8 Å². The molecule has 1 aromatic carbocycles. The van der Waals surface area contributed by atoms with Gasteiger partial charge in [0.25, 0.3) is 0 Å². The van der Waals surface area contributed by atoms with E-state index in [2.05, 4.69) is 0 Å². The molecule has 0 bridgehead atoms. The molecule has 27 heavy (non-hydrogen) atoms. The van der Waals surface area contributed by atoms with Crippen LogP contribution in [0.15, 0.2) is 29.2 Å². The van der Waals surface area contributed by atoms with E-state index in [4.69, 9.17) is 4.74 Å². The van der Waals surface area contributed by atoms with Gasteiger partial charge < -0.3 is 14.5 Å². The maximum absolute atomic E-state index is 12.5. The minimum Gasteiger partial charge on any atom is -0.466 e. The van der Waals surface area contributed by atoms with Crippen molar-refractivity contribution in [3.63, 3.8) is 0 Å². The van der Waals surface area contributed by atoms with Gasteiger partial charge in [-0.2, -0.15) is 0 Å². The summed E-state index contributed by atoms with van der Waals surface area (Å²) in [5.74, 6) is 0.413. The molecule has 2 heterocycles. The number of hydrogen-bond donors (Lipinski definition) is 0. The van der Waals surface area contributed by atoms with Crippen LogP contribution in [0.3, 0.4) is 0 Å². The Morgan fingerprint density at radius 1 is 1.22 bits per heavy atom. The Morgan fingerprint density at radius 2 is 1.96 bits per heavy atom. The smallest absolute Gasteiger partial charge is 0.309 e. The molecule has 3 rings (SSSR count). The fourth-order valence-corrected chi connectivity index (χ4v) is 4.51. The van der Waals surface area contributed by atoms with Crippen LogP contribution < -0.4 is 4.90 Å². The molecule has 2 aliphatic heterocycles. The average molecular weight is 391 g/mol. The van der Waals surface area contributed by atoms with E-state index < -0.39 is 0 Å². The molecule has 2 amide bonds. The van der Waals surface area contributed by atoms with Gasteiger partial charge in [0.15, 0.2) is 0 Å². The van der Waals surface area contributed by atoms with Crippen molar-refractivity contribution in [3.05, 3.63) is 24.3 Å². The number of carbonyl (C=O) groups is 3. The number of anilines is 1. The van der Waals surface area contributed by atoms with Crippen molar-refractivity contribution in [1.82, 2.24) is 4.90 Å². The van der Waals surface area contributed by atoms with Crippen LogP contribution in [0.5, 0.6) is 0 Å². The number of ether oxygens (including phenoxy) is 1. The first-order valence-electron chi connectivity index (χ1n) is 9.56. The lowest BCUT2D eigenvalue weighted by molar-refractivity contribution is -0.151. The first kappa shape index (κ1) is 19.7. The summed E-state index contributed by atoms with van der Waals surface area (Å²) in [5, 5.41) is 0. The molecule has 1 fully saturated rings. The molecule has 6 nitrogen and oxygen atoms in total. The second-order valence-electron chi connectivity index (χ2n) is 6.81. The van der Waals surface area contributed by atoms with Gasteiger partial charge in [0.1, 0.15) is 0 Å². The Bertz CT molecular complexity index is 701. The summed E-state index contributed by atoms with van der Waals surface area (Å²) in [6.45, 7) is 3.96. The number of amides is 2. The first-order valence-corrected chi connectivity index (χ1v) is 10.5. The quantitative estimate of drug-likeness (QED) is 0.699. The van der Waals surface area contributed by atoms with Gasteiger partial charge in [-0.15, -0.1) is 11.8 Å². The van der Waals surface area contributed by atoms with E-state index in [1.165, 1.54) is 0 Å². The van der Waals surface area contributed by atoms with Crippen LogP contribution in [0.2, 0.25) is 0 Å². The van der Waals surface area contributed by atoms with Crippen LogP contribution >= 0.6 is 11.8 Å². The lowest BCUT2D eigenvalue weighted by atomic mass is 9.96. The topological polar surface area (TPSA) is 66.9 Å². The zero-order valence-electron chi connectivity index (χ0n) is 15.7. The number of piperidine rings is 1. The Morgan fingerprint density at radius 3 is 2.70 bits per heavy atom. The Kier molecular flexibility index (Phi) is 6.77. The van der Waals surface area contributed by atoms with Gasteiger partial charge in [-0.05, 0) is 38.3 Å². The van der Waals surface area contributed by atoms with Crippen LogP contribution in [-0.2, 0) is 19.1 Å². The van der Waals surface area contributed by atoms with Crippen LogP contribution in [0.25, 0.3) is 0 Å². The highest BCUT2D eigenvalue weighted by Crippen LogP contribution is 2.35. The number of hydrogen-bond acceptors (Lipinski definition) is 5. The summed E-state index contributed by atoms with van der Waals surface area (Å²) in [4.78, 5) is 41.3. The Labute approximate surface area is 164 Å². The molecule has 0 aromatic heterocycles. The van der Waals surface area contributed by atoms with Gasteiger partial charge in [0, 0.05) is 31.0 Å². The summed E-state index contributed by atoms with van der Waals surface area (Å²) in [6, 6.07) is 7.90. The third-order valence-corrected chi connectivity index (χ3v) is 6.10. The molecule has 7 heteroatoms. The predicted octanol–water partition coefficient (Wildman–Crippen LogP) is 2.71. The minimum absolute atomic E-state index is 0.0889. The second-order valence-corrected chi connectivity index (χ2v) is 7.83. The van der Waals surface area contributed by atoms with Crippen LogP contribution in [0.4, 0.5) is 5.69 Å². The Hall–Kier alpha value is -2.02. The van der Waals surface area contributed by atoms with Crippen molar-refractivity contribution in [2.45, 2.75) is 37.5 Å². The highest BCUT2D eigenvalue weighted by atomic mass is 32.2. The molecule has 0 aliphatic carbocycles. The summed E-state index contributed by atoms with van der Waals surface area (Å²) < 4.78 is 5.07. The van der Waals surface area contributed by atoms with Crippen LogP contribution in [0, 0.1) is 5.92 Å². The molecule has 0 spiro atoms. The van der Waals surface area contributed by atoms with E-state index in [0.29, 0.717) is 57.7 Å². The highest BCUT2D eigenvalue weighted by Gasteiger charge is 2.28. The first-order chi connectivity index (χ1) is 13.1. The van der Waals surface area contributed by atoms with E-state index in [1.807, 2.05) is 29.2 Å². The number of rotatable bonds is 6. The molecule has 146 valence electrons. The van der Waals surface area contributed by atoms with E-state index >= 15 is 0 Å². The Balaban J connectivity index is 1.45. The molecule has 0 saturated carbocycles. The standard InChI is InChI=1S/C20H26N2O4S/c1-2-26-20(25)15-9-12-21(13-10-15)18(23)8-5-11-22-16-6-3-4-7-17(16)27-14-19(22)24/h3-4,6-7,15H,2,5,8-14H2,1H3. The summed E-state index contributed by atoms with van der Waals surface area (Å²) in [7, 11) is 0. The SMILES string of the molecule is CCOC(=O)C1CCN(C(=O)CCCN2C(=O)CSc3ccccc32)CC1. The predicted molar refractivity (Wildman–Crippen MR) is 105 cm³/mol. The average Bonchev–Trinajstić information content (AvgIpc) is 2.70. The van der Waals surface area contributed by atoms with E-state index in [9.17, 15) is 14.4 Å². The maximum Gasteiger partial charge on any atom is 0.309 e. The van der Waals surface area contributed by atoms with E-state index in [0.717, 1.165) is 10.6 Å². The van der Waals surface area contributed by atoms with Crippen molar-refractivity contribution in [1.29, 1.82) is 0 Å². The van der Waals surface area contributed by atoms with Gasteiger partial charge in [0.05, 0.1) is 24.0 Å². The number of nitrogens with zero attached hydrogens (tertiary/aromatic N) is 2. The molecule has 0 atom stereocenters. The zero-order chi connectivity index (χ0) is 19.2. The highest BCUT2D eigenvalue weighted by molar-refractivity contribution is 8.00. The van der Waals surface area contributed by atoms with Crippen molar-refractivity contribution in [2.24, 2.45) is 5.92 Å². The third-order valence-electron chi connectivity index (χ3n) is 5.05. The van der Waals surface area contributed by atoms with E-state index in [-0.39, 0.29) is 23.7 Å². The monoisotopic (exact) mass is 390 g/mol. The number of carbonyl (C=O) groups excluding carboxylic acids is 3. The molecule has 0 radical (unpaired) electrons. The normalized spacial score (nSPS) is 17.6. The fourth-order valence-electron chi connectivity index (χ4n) is 3.57. The van der Waals surface area contributed by atoms with Gasteiger partial charge in [-0.3, -0.25) is 14.4 Å². The summed E-state index contributed by atoms with van der Waals surface area (Å²) in [5.41, 5.74) is 0.946. The molecule has 0 unspecified atom stereocenters. The number of thioether (sulfide) groups is 1. The zero-order valence-corrected chi connectivity index (χ0v) is 16.5. The largest absolute Gasteiger partial charge is 0.466 e. The number of para-hydroxylation sites is 1. The molecule has 1 aromatic rings. The van der Waals surface area contributed by atoms with Gasteiger partial charge >= 0.3 is 5.97 Å². The van der Waals surface area contributed by atoms with Crippen molar-refractivity contribution < 1.29 is 19.1 Å². The summed E-state index contributed by atoms with van der Waals surface area (Å²) >= 11 is 1.56. The maximum atomic E-state index is 12.5. The number of esters is 1. The van der Waals surface area contributed by atoms with Crippen molar-refractivity contribution in [2.75, 3.05) is 36.9 Å². The molecule has 1 saturated heterocycles. The number of fused-ring (bicyclic) bond motifs is 1. The molecular weight excluding hydrogens is 364 g/mol. The molecule has 0 N–H and O–H groups in total. The summed E-state index contributed by atoms with van der Waals surface area (Å²) in [6.07, 6.45) is 2.39. The third kappa shape index (κ3) is 4.83. The van der Waals surface area contributed by atoms with Gasteiger partial charge in [-0.25, -0.2) is 0 Å². The van der Waals surface area contributed by atoms with Crippen LogP contribution in [0.1, 0.15) is 32.6 Å². The van der Waals surface area contributed by atoms with E-state index in [1.54, 1.807) is 23.6 Å². The minimum atomic E-state index is -0.148. The molecular formula is C20H26N2O4S. The second kappa shape index (κ2) is 9.26. The number of likely N-dealkylation sites (tertiary alicyclic amines) is 1. The molecule has 2 aliphatic rings. The lowest BCUT2D eigenvalue weighted by Crippen LogP contribution is -2.41. The van der Waals surface area contributed by atoms with Gasteiger partial charge in [-0.1, -0.05) is 12.1 Å². The lowest BCUT2D eigenvalue weighted by Gasteiger charge is -2.32. The fraction of sp³-hybridized carbons (Fsp3) is 0.550.